The van der Waals surface area contributed by atoms with Crippen molar-refractivity contribution < 1.29 is 9.90 Å². The van der Waals surface area contributed by atoms with E-state index in [4.69, 9.17) is 10.8 Å². The van der Waals surface area contributed by atoms with Crippen molar-refractivity contribution in [2.45, 2.75) is 6.42 Å². The van der Waals surface area contributed by atoms with E-state index in [-0.39, 0.29) is 18.9 Å². The molecule has 0 aromatic carbocycles. The molecule has 3 N–H and O–H groups in total. The molecule has 16 heavy (non-hydrogen) atoms. The molecular formula is C10H15N3O2S. The lowest BCUT2D eigenvalue weighted by atomic mass is 10.3. The first kappa shape index (κ1) is 12.7. The Bertz CT molecular complexity index is 365. The molecule has 0 unspecified atom stereocenters. The monoisotopic (exact) mass is 241 g/mol. The molecule has 1 amide bonds. The molecule has 0 fully saturated rings. The van der Waals surface area contributed by atoms with Crippen LogP contribution < -0.4 is 5.73 Å². The topological polar surface area (TPSA) is 79.5 Å². The summed E-state index contributed by atoms with van der Waals surface area (Å²) in [7, 11) is 0. The Morgan fingerprint density at radius 2 is 2.50 bits per heavy atom. The number of aliphatic hydroxyl groups excluding tert-OH is 1. The Morgan fingerprint density at radius 3 is 3.00 bits per heavy atom. The van der Waals surface area contributed by atoms with Gasteiger partial charge in [0.25, 0.3) is 0 Å². The predicted molar refractivity (Wildman–Crippen MR) is 64.1 cm³/mol. The van der Waals surface area contributed by atoms with E-state index < -0.39 is 0 Å². The highest BCUT2D eigenvalue weighted by Crippen LogP contribution is 2.12. The van der Waals surface area contributed by atoms with Gasteiger partial charge in [0.2, 0.25) is 5.91 Å². The third kappa shape index (κ3) is 3.63. The quantitative estimate of drug-likeness (QED) is 0.701. The van der Waals surface area contributed by atoms with Crippen molar-refractivity contribution in [1.29, 1.82) is 0 Å². The summed E-state index contributed by atoms with van der Waals surface area (Å²) in [5, 5.41) is 11.0. The van der Waals surface area contributed by atoms with Crippen molar-refractivity contribution in [2.75, 3.05) is 25.4 Å². The Kier molecular flexibility index (Phi) is 4.94. The van der Waals surface area contributed by atoms with Gasteiger partial charge in [-0.1, -0.05) is 6.08 Å². The number of aliphatic hydroxyl groups is 1. The number of hydrogen-bond acceptors (Lipinski definition) is 5. The summed E-state index contributed by atoms with van der Waals surface area (Å²) in [6, 6.07) is 0. The summed E-state index contributed by atoms with van der Waals surface area (Å²) < 4.78 is 0. The molecule has 1 aromatic rings. The Hall–Kier alpha value is -1.40. The van der Waals surface area contributed by atoms with E-state index in [1.165, 1.54) is 16.2 Å². The van der Waals surface area contributed by atoms with Crippen LogP contribution in [0.1, 0.15) is 5.69 Å². The normalized spacial score (nSPS) is 10.1. The van der Waals surface area contributed by atoms with E-state index in [1.807, 2.05) is 0 Å². The highest BCUT2D eigenvalue weighted by atomic mass is 32.1. The van der Waals surface area contributed by atoms with E-state index in [0.29, 0.717) is 23.9 Å². The summed E-state index contributed by atoms with van der Waals surface area (Å²) in [5.74, 6) is -0.0840. The smallest absolute Gasteiger partial charge is 0.228 e. The Labute approximate surface area is 98.2 Å². The summed E-state index contributed by atoms with van der Waals surface area (Å²) in [5.41, 5.74) is 6.14. The molecule has 0 aliphatic heterocycles. The van der Waals surface area contributed by atoms with Gasteiger partial charge in [0.05, 0.1) is 18.7 Å². The molecule has 0 atom stereocenters. The first-order valence-corrected chi connectivity index (χ1v) is 5.74. The second-order valence-electron chi connectivity index (χ2n) is 3.21. The van der Waals surface area contributed by atoms with Crippen molar-refractivity contribution in [1.82, 2.24) is 9.88 Å². The van der Waals surface area contributed by atoms with Gasteiger partial charge in [-0.25, -0.2) is 4.98 Å². The number of aromatic nitrogens is 1. The van der Waals surface area contributed by atoms with Crippen LogP contribution in [0.25, 0.3) is 0 Å². The van der Waals surface area contributed by atoms with Crippen LogP contribution in [0.3, 0.4) is 0 Å². The van der Waals surface area contributed by atoms with E-state index in [9.17, 15) is 4.79 Å². The molecule has 0 bridgehead atoms. The molecule has 0 aliphatic carbocycles. The largest absolute Gasteiger partial charge is 0.395 e. The summed E-state index contributed by atoms with van der Waals surface area (Å²) in [4.78, 5) is 17.3. The van der Waals surface area contributed by atoms with Crippen molar-refractivity contribution >= 4 is 22.4 Å². The van der Waals surface area contributed by atoms with Crippen LogP contribution in [0.4, 0.5) is 5.13 Å². The van der Waals surface area contributed by atoms with E-state index in [0.717, 1.165) is 0 Å². The fourth-order valence-electron chi connectivity index (χ4n) is 1.26. The number of amides is 1. The van der Waals surface area contributed by atoms with Gasteiger partial charge in [-0.15, -0.1) is 17.9 Å². The zero-order valence-corrected chi connectivity index (χ0v) is 9.74. The lowest BCUT2D eigenvalue weighted by Crippen LogP contribution is -2.34. The number of nitrogens with zero attached hydrogens (tertiary/aromatic N) is 2. The van der Waals surface area contributed by atoms with Crippen LogP contribution in [0.2, 0.25) is 0 Å². The number of nitrogen functional groups attached to an aromatic ring is 1. The molecule has 0 spiro atoms. The van der Waals surface area contributed by atoms with Crippen molar-refractivity contribution in [3.63, 3.8) is 0 Å². The van der Waals surface area contributed by atoms with Crippen molar-refractivity contribution in [3.8, 4) is 0 Å². The minimum Gasteiger partial charge on any atom is -0.395 e. The SMILES string of the molecule is C=CCN(CCO)C(=O)Cc1csc(N)n1. The van der Waals surface area contributed by atoms with Crippen molar-refractivity contribution in [3.05, 3.63) is 23.7 Å². The average Bonchev–Trinajstić information content (AvgIpc) is 2.63. The molecule has 1 heterocycles. The van der Waals surface area contributed by atoms with Gasteiger partial charge in [-0.2, -0.15) is 0 Å². The zero-order valence-electron chi connectivity index (χ0n) is 8.93. The predicted octanol–water partition coefficient (Wildman–Crippen LogP) is 0.275. The van der Waals surface area contributed by atoms with Gasteiger partial charge in [0.1, 0.15) is 0 Å². The first-order chi connectivity index (χ1) is 7.67. The summed E-state index contributed by atoms with van der Waals surface area (Å²) in [6.45, 7) is 4.25. The van der Waals surface area contributed by atoms with Crippen LogP contribution in [-0.4, -0.2) is 40.6 Å². The van der Waals surface area contributed by atoms with Crippen LogP contribution in [0.5, 0.6) is 0 Å². The van der Waals surface area contributed by atoms with Gasteiger partial charge in [0.15, 0.2) is 5.13 Å². The summed E-state index contributed by atoms with van der Waals surface area (Å²) in [6.07, 6.45) is 1.84. The minimum absolute atomic E-state index is 0.0568. The maximum Gasteiger partial charge on any atom is 0.228 e. The molecule has 88 valence electrons. The molecule has 5 nitrogen and oxygen atoms in total. The van der Waals surface area contributed by atoms with E-state index in [2.05, 4.69) is 11.6 Å². The number of carbonyl (C=O) groups excluding carboxylic acids is 1. The highest BCUT2D eigenvalue weighted by Gasteiger charge is 2.13. The third-order valence-electron chi connectivity index (χ3n) is 1.97. The highest BCUT2D eigenvalue weighted by molar-refractivity contribution is 7.13. The zero-order chi connectivity index (χ0) is 12.0. The maximum atomic E-state index is 11.8. The van der Waals surface area contributed by atoms with Crippen LogP contribution >= 0.6 is 11.3 Å². The Morgan fingerprint density at radius 1 is 1.75 bits per heavy atom. The molecule has 0 radical (unpaired) electrons. The van der Waals surface area contributed by atoms with E-state index >= 15 is 0 Å². The lowest BCUT2D eigenvalue weighted by Gasteiger charge is -2.19. The number of thiazole rings is 1. The minimum atomic E-state index is -0.0840. The summed E-state index contributed by atoms with van der Waals surface area (Å²) >= 11 is 1.31. The Balaban J connectivity index is 2.57. The third-order valence-corrected chi connectivity index (χ3v) is 2.70. The van der Waals surface area contributed by atoms with Gasteiger partial charge >= 0.3 is 0 Å². The fraction of sp³-hybridized carbons (Fsp3) is 0.400. The van der Waals surface area contributed by atoms with Gasteiger partial charge in [-0.3, -0.25) is 4.79 Å². The number of rotatable bonds is 6. The number of anilines is 1. The van der Waals surface area contributed by atoms with Crippen LogP contribution in [-0.2, 0) is 11.2 Å². The lowest BCUT2D eigenvalue weighted by molar-refractivity contribution is -0.130. The standard InChI is InChI=1S/C10H15N3O2S/c1-2-3-13(4-5-14)9(15)6-8-7-16-10(11)12-8/h2,7,14H,1,3-6H2,(H2,11,12). The van der Waals surface area contributed by atoms with Gasteiger partial charge in [-0.05, 0) is 0 Å². The number of carbonyl (C=O) groups is 1. The van der Waals surface area contributed by atoms with Crippen LogP contribution in [0.15, 0.2) is 18.0 Å². The number of hydrogen-bond donors (Lipinski definition) is 2. The molecule has 6 heteroatoms. The molecular weight excluding hydrogens is 226 g/mol. The molecule has 1 rings (SSSR count). The second-order valence-corrected chi connectivity index (χ2v) is 4.10. The molecule has 0 aliphatic rings. The first-order valence-electron chi connectivity index (χ1n) is 4.86. The molecule has 0 saturated carbocycles. The maximum absolute atomic E-state index is 11.8. The molecule has 0 saturated heterocycles. The number of nitrogens with two attached hydrogens (primary N) is 1. The molecule has 1 aromatic heterocycles. The van der Waals surface area contributed by atoms with Crippen molar-refractivity contribution in [2.24, 2.45) is 0 Å². The van der Waals surface area contributed by atoms with Crippen LogP contribution in [0, 0.1) is 0 Å². The second kappa shape index (κ2) is 6.24. The average molecular weight is 241 g/mol. The van der Waals surface area contributed by atoms with Gasteiger partial charge in [0, 0.05) is 18.5 Å². The fourth-order valence-corrected chi connectivity index (χ4v) is 1.83. The van der Waals surface area contributed by atoms with Gasteiger partial charge < -0.3 is 15.7 Å². The van der Waals surface area contributed by atoms with E-state index in [1.54, 1.807) is 11.5 Å².